The fraction of sp³-hybridized carbons (Fsp3) is 0.636. The van der Waals surface area contributed by atoms with Gasteiger partial charge < -0.3 is 4.74 Å². The number of rotatable bonds is 1. The second-order valence-corrected chi connectivity index (χ2v) is 3.71. The van der Waals surface area contributed by atoms with E-state index in [0.717, 1.165) is 5.76 Å². The summed E-state index contributed by atoms with van der Waals surface area (Å²) in [5, 5.41) is 0. The van der Waals surface area contributed by atoms with E-state index in [4.69, 9.17) is 4.74 Å². The van der Waals surface area contributed by atoms with Gasteiger partial charge in [0.25, 0.3) is 0 Å². The third-order valence-electron chi connectivity index (χ3n) is 2.91. The summed E-state index contributed by atoms with van der Waals surface area (Å²) in [5.41, 5.74) is 2.66. The molecule has 1 nitrogen and oxygen atoms in total. The van der Waals surface area contributed by atoms with Crippen LogP contribution in [0.15, 0.2) is 23.0 Å². The fourth-order valence-electron chi connectivity index (χ4n) is 1.85. The second kappa shape index (κ2) is 3.34. The van der Waals surface area contributed by atoms with Crippen molar-refractivity contribution in [3.8, 4) is 0 Å². The highest BCUT2D eigenvalue weighted by atomic mass is 16.5. The predicted octanol–water partition coefficient (Wildman–Crippen LogP) is 3.14. The van der Waals surface area contributed by atoms with E-state index in [2.05, 4.69) is 33.8 Å². The molecule has 68 valence electrons. The smallest absolute Gasteiger partial charge is 0.120 e. The van der Waals surface area contributed by atoms with Crippen LogP contribution >= 0.6 is 0 Å². The number of methoxy groups -OCH3 is 1. The molecule has 2 unspecified atom stereocenters. The molecule has 2 atom stereocenters. The summed E-state index contributed by atoms with van der Waals surface area (Å²) in [6, 6.07) is 0. The Morgan fingerprint density at radius 2 is 1.83 bits per heavy atom. The largest absolute Gasteiger partial charge is 0.497 e. The molecular weight excluding hydrogens is 148 g/mol. The molecule has 0 aromatic carbocycles. The van der Waals surface area contributed by atoms with Gasteiger partial charge in [0.05, 0.1) is 7.11 Å². The summed E-state index contributed by atoms with van der Waals surface area (Å²) < 4.78 is 5.35. The topological polar surface area (TPSA) is 9.23 Å². The van der Waals surface area contributed by atoms with Gasteiger partial charge in [0, 0.05) is 0 Å². The summed E-state index contributed by atoms with van der Waals surface area (Å²) >= 11 is 0. The molecule has 0 bridgehead atoms. The first-order valence-electron chi connectivity index (χ1n) is 4.51. The molecule has 0 radical (unpaired) electrons. The lowest BCUT2D eigenvalue weighted by Gasteiger charge is -2.26. The average molecular weight is 166 g/mol. The van der Waals surface area contributed by atoms with Gasteiger partial charge in [0.2, 0.25) is 0 Å². The number of allylic oxidation sites excluding steroid dienone is 3. The van der Waals surface area contributed by atoms with Crippen molar-refractivity contribution in [1.29, 1.82) is 0 Å². The molecule has 0 aliphatic heterocycles. The van der Waals surface area contributed by atoms with E-state index in [1.54, 1.807) is 7.11 Å². The lowest BCUT2D eigenvalue weighted by Crippen LogP contribution is -2.15. The van der Waals surface area contributed by atoms with Crippen LogP contribution in [-0.4, -0.2) is 7.11 Å². The van der Waals surface area contributed by atoms with Crippen LogP contribution in [0.1, 0.15) is 27.7 Å². The van der Waals surface area contributed by atoms with Crippen molar-refractivity contribution < 1.29 is 4.74 Å². The highest BCUT2D eigenvalue weighted by molar-refractivity contribution is 5.34. The molecule has 0 heterocycles. The van der Waals surface area contributed by atoms with Gasteiger partial charge in [-0.2, -0.15) is 0 Å². The molecule has 1 heteroatoms. The van der Waals surface area contributed by atoms with Crippen LogP contribution in [0, 0.1) is 11.8 Å². The Morgan fingerprint density at radius 3 is 2.33 bits per heavy atom. The van der Waals surface area contributed by atoms with E-state index < -0.39 is 0 Å². The first kappa shape index (κ1) is 9.37. The normalized spacial score (nSPS) is 30.2. The predicted molar refractivity (Wildman–Crippen MR) is 51.8 cm³/mol. The Labute approximate surface area is 75.1 Å². The van der Waals surface area contributed by atoms with Crippen LogP contribution in [0.2, 0.25) is 0 Å². The second-order valence-electron chi connectivity index (χ2n) is 3.71. The zero-order chi connectivity index (χ0) is 9.30. The molecule has 0 aromatic rings. The molecule has 1 rings (SSSR count). The maximum absolute atomic E-state index is 5.35. The van der Waals surface area contributed by atoms with Crippen molar-refractivity contribution in [2.24, 2.45) is 11.8 Å². The minimum absolute atomic E-state index is 0.614. The summed E-state index contributed by atoms with van der Waals surface area (Å²) in [5.74, 6) is 2.34. The molecular formula is C11H18O. The third-order valence-corrected chi connectivity index (χ3v) is 2.91. The van der Waals surface area contributed by atoms with Crippen molar-refractivity contribution >= 4 is 0 Å². The SMILES string of the molecule is COC1=C(C)C(C)C(C)C=C1C. The monoisotopic (exact) mass is 166 g/mol. The standard InChI is InChI=1S/C11H18O/c1-7-6-8(2)11(12-5)10(4)9(7)3/h6-7,9H,1-5H3. The van der Waals surface area contributed by atoms with Gasteiger partial charge in [-0.3, -0.25) is 0 Å². The van der Waals surface area contributed by atoms with Crippen molar-refractivity contribution in [3.63, 3.8) is 0 Å². The first-order chi connectivity index (χ1) is 5.57. The zero-order valence-corrected chi connectivity index (χ0v) is 8.64. The van der Waals surface area contributed by atoms with E-state index in [1.165, 1.54) is 11.1 Å². The number of ether oxygens (including phenoxy) is 1. The van der Waals surface area contributed by atoms with Gasteiger partial charge >= 0.3 is 0 Å². The molecule has 0 saturated carbocycles. The van der Waals surface area contributed by atoms with Crippen LogP contribution in [0.25, 0.3) is 0 Å². The molecule has 0 spiro atoms. The molecule has 0 N–H and O–H groups in total. The maximum atomic E-state index is 5.35. The van der Waals surface area contributed by atoms with Gasteiger partial charge in [-0.05, 0) is 36.8 Å². The summed E-state index contributed by atoms with van der Waals surface area (Å²) in [7, 11) is 1.75. The number of hydrogen-bond donors (Lipinski definition) is 0. The highest BCUT2D eigenvalue weighted by Crippen LogP contribution is 2.33. The average Bonchev–Trinajstić information content (AvgIpc) is 2.01. The Kier molecular flexibility index (Phi) is 2.61. The van der Waals surface area contributed by atoms with Crippen LogP contribution < -0.4 is 0 Å². The molecule has 0 fully saturated rings. The maximum Gasteiger partial charge on any atom is 0.120 e. The summed E-state index contributed by atoms with van der Waals surface area (Å²) in [6.45, 7) is 8.78. The lowest BCUT2D eigenvalue weighted by atomic mass is 9.82. The van der Waals surface area contributed by atoms with Gasteiger partial charge in [-0.1, -0.05) is 19.9 Å². The summed E-state index contributed by atoms with van der Waals surface area (Å²) in [6.07, 6.45) is 2.29. The van der Waals surface area contributed by atoms with Gasteiger partial charge in [-0.25, -0.2) is 0 Å². The molecule has 0 aromatic heterocycles. The van der Waals surface area contributed by atoms with Crippen LogP contribution in [0.5, 0.6) is 0 Å². The Hall–Kier alpha value is -0.720. The van der Waals surface area contributed by atoms with E-state index in [1.807, 2.05) is 0 Å². The van der Waals surface area contributed by atoms with Gasteiger partial charge in [0.1, 0.15) is 5.76 Å². The van der Waals surface area contributed by atoms with E-state index in [9.17, 15) is 0 Å². The van der Waals surface area contributed by atoms with Crippen molar-refractivity contribution in [2.75, 3.05) is 7.11 Å². The third kappa shape index (κ3) is 1.40. The molecule has 1 aliphatic carbocycles. The van der Waals surface area contributed by atoms with Crippen LogP contribution in [0.3, 0.4) is 0 Å². The number of hydrogen-bond acceptors (Lipinski definition) is 1. The Bertz CT molecular complexity index is 235. The van der Waals surface area contributed by atoms with E-state index >= 15 is 0 Å². The minimum Gasteiger partial charge on any atom is -0.497 e. The van der Waals surface area contributed by atoms with Crippen molar-refractivity contribution in [2.45, 2.75) is 27.7 Å². The Balaban J connectivity index is 3.03. The van der Waals surface area contributed by atoms with Gasteiger partial charge in [-0.15, -0.1) is 0 Å². The van der Waals surface area contributed by atoms with Crippen molar-refractivity contribution in [1.82, 2.24) is 0 Å². The first-order valence-corrected chi connectivity index (χ1v) is 4.51. The fourth-order valence-corrected chi connectivity index (χ4v) is 1.85. The Morgan fingerprint density at radius 1 is 1.25 bits per heavy atom. The molecule has 0 saturated heterocycles. The molecule has 0 amide bonds. The van der Waals surface area contributed by atoms with E-state index in [0.29, 0.717) is 11.8 Å². The van der Waals surface area contributed by atoms with E-state index in [-0.39, 0.29) is 0 Å². The molecule has 1 aliphatic rings. The minimum atomic E-state index is 0.614. The lowest BCUT2D eigenvalue weighted by molar-refractivity contribution is 0.282. The van der Waals surface area contributed by atoms with Gasteiger partial charge in [0.15, 0.2) is 0 Å². The van der Waals surface area contributed by atoms with Crippen LogP contribution in [-0.2, 0) is 4.74 Å². The van der Waals surface area contributed by atoms with Crippen LogP contribution in [0.4, 0.5) is 0 Å². The quantitative estimate of drug-likeness (QED) is 0.581. The highest BCUT2D eigenvalue weighted by Gasteiger charge is 2.21. The van der Waals surface area contributed by atoms with Crippen molar-refractivity contribution in [3.05, 3.63) is 23.0 Å². The molecule has 12 heavy (non-hydrogen) atoms. The zero-order valence-electron chi connectivity index (χ0n) is 8.64. The summed E-state index contributed by atoms with van der Waals surface area (Å²) in [4.78, 5) is 0.